The lowest BCUT2D eigenvalue weighted by Gasteiger charge is -2.24. The van der Waals surface area contributed by atoms with E-state index >= 15 is 0 Å². The summed E-state index contributed by atoms with van der Waals surface area (Å²) in [5, 5.41) is 12.1. The molecule has 1 unspecified atom stereocenters. The Morgan fingerprint density at radius 2 is 2.00 bits per heavy atom. The second kappa shape index (κ2) is 6.35. The predicted octanol–water partition coefficient (Wildman–Crippen LogP) is 1.16. The SMILES string of the molecule is CCNC(CCO)COC(C)(C)C. The van der Waals surface area contributed by atoms with Crippen molar-refractivity contribution in [1.82, 2.24) is 5.32 Å². The Morgan fingerprint density at radius 1 is 1.38 bits per heavy atom. The van der Waals surface area contributed by atoms with Gasteiger partial charge in [-0.1, -0.05) is 6.92 Å². The third kappa shape index (κ3) is 8.22. The van der Waals surface area contributed by atoms with E-state index in [0.29, 0.717) is 6.61 Å². The zero-order chi connectivity index (χ0) is 10.3. The van der Waals surface area contributed by atoms with Crippen molar-refractivity contribution in [3.8, 4) is 0 Å². The fourth-order valence-electron chi connectivity index (χ4n) is 1.04. The Balaban J connectivity index is 3.68. The van der Waals surface area contributed by atoms with Crippen LogP contribution in [0.5, 0.6) is 0 Å². The summed E-state index contributed by atoms with van der Waals surface area (Å²) in [4.78, 5) is 0. The molecule has 0 heterocycles. The van der Waals surface area contributed by atoms with E-state index in [1.165, 1.54) is 0 Å². The Bertz CT molecular complexity index is 115. The highest BCUT2D eigenvalue weighted by molar-refractivity contribution is 4.67. The zero-order valence-electron chi connectivity index (χ0n) is 9.26. The van der Waals surface area contributed by atoms with Crippen molar-refractivity contribution in [2.75, 3.05) is 19.8 Å². The van der Waals surface area contributed by atoms with Crippen LogP contribution in [0.4, 0.5) is 0 Å². The molecule has 0 saturated carbocycles. The molecule has 0 spiro atoms. The maximum Gasteiger partial charge on any atom is 0.0627 e. The summed E-state index contributed by atoms with van der Waals surface area (Å²) in [6.07, 6.45) is 0.754. The summed E-state index contributed by atoms with van der Waals surface area (Å²) in [5.41, 5.74) is -0.0941. The number of aliphatic hydroxyl groups is 1. The van der Waals surface area contributed by atoms with Crippen LogP contribution in [-0.4, -0.2) is 36.5 Å². The second-order valence-corrected chi connectivity index (χ2v) is 4.19. The van der Waals surface area contributed by atoms with Gasteiger partial charge in [0.15, 0.2) is 0 Å². The van der Waals surface area contributed by atoms with E-state index in [4.69, 9.17) is 9.84 Å². The molecule has 3 nitrogen and oxygen atoms in total. The smallest absolute Gasteiger partial charge is 0.0627 e. The van der Waals surface area contributed by atoms with Gasteiger partial charge in [0, 0.05) is 12.6 Å². The van der Waals surface area contributed by atoms with Crippen LogP contribution in [-0.2, 0) is 4.74 Å². The van der Waals surface area contributed by atoms with Crippen molar-refractivity contribution in [1.29, 1.82) is 0 Å². The van der Waals surface area contributed by atoms with Crippen molar-refractivity contribution in [2.24, 2.45) is 0 Å². The molecule has 0 radical (unpaired) electrons. The number of ether oxygens (including phenoxy) is 1. The van der Waals surface area contributed by atoms with Gasteiger partial charge < -0.3 is 15.2 Å². The first-order chi connectivity index (χ1) is 5.99. The Kier molecular flexibility index (Phi) is 6.29. The lowest BCUT2D eigenvalue weighted by atomic mass is 10.1. The first kappa shape index (κ1) is 12.9. The van der Waals surface area contributed by atoms with E-state index < -0.39 is 0 Å². The van der Waals surface area contributed by atoms with E-state index in [-0.39, 0.29) is 18.2 Å². The second-order valence-electron chi connectivity index (χ2n) is 4.19. The largest absolute Gasteiger partial charge is 0.396 e. The molecular weight excluding hydrogens is 166 g/mol. The van der Waals surface area contributed by atoms with Crippen LogP contribution in [0.3, 0.4) is 0 Å². The van der Waals surface area contributed by atoms with Crippen molar-refractivity contribution in [2.45, 2.75) is 45.8 Å². The van der Waals surface area contributed by atoms with E-state index in [1.807, 2.05) is 20.8 Å². The zero-order valence-corrected chi connectivity index (χ0v) is 9.26. The molecule has 0 aliphatic rings. The van der Waals surface area contributed by atoms with Crippen LogP contribution in [0.15, 0.2) is 0 Å². The molecule has 0 aromatic rings. The predicted molar refractivity (Wildman–Crippen MR) is 54.9 cm³/mol. The minimum Gasteiger partial charge on any atom is -0.396 e. The van der Waals surface area contributed by atoms with Crippen LogP contribution in [0.2, 0.25) is 0 Å². The highest BCUT2D eigenvalue weighted by atomic mass is 16.5. The molecule has 0 bridgehead atoms. The first-order valence-electron chi connectivity index (χ1n) is 4.97. The summed E-state index contributed by atoms with van der Waals surface area (Å²) >= 11 is 0. The number of hydrogen-bond acceptors (Lipinski definition) is 3. The minimum absolute atomic E-state index is 0.0941. The third-order valence-electron chi connectivity index (χ3n) is 1.69. The molecule has 0 aliphatic carbocycles. The van der Waals surface area contributed by atoms with Gasteiger partial charge in [0.2, 0.25) is 0 Å². The van der Waals surface area contributed by atoms with Gasteiger partial charge in [0.25, 0.3) is 0 Å². The van der Waals surface area contributed by atoms with Crippen molar-refractivity contribution >= 4 is 0 Å². The highest BCUT2D eigenvalue weighted by Gasteiger charge is 2.14. The van der Waals surface area contributed by atoms with Crippen molar-refractivity contribution in [3.63, 3.8) is 0 Å². The van der Waals surface area contributed by atoms with Crippen LogP contribution in [0.1, 0.15) is 34.1 Å². The summed E-state index contributed by atoms with van der Waals surface area (Å²) in [6, 6.07) is 0.272. The fraction of sp³-hybridized carbons (Fsp3) is 1.00. The standard InChI is InChI=1S/C10H23NO2/c1-5-11-9(6-7-12)8-13-10(2,3)4/h9,11-12H,5-8H2,1-4H3. The number of aliphatic hydroxyl groups excluding tert-OH is 1. The van der Waals surface area contributed by atoms with Crippen LogP contribution in [0.25, 0.3) is 0 Å². The molecule has 0 aromatic heterocycles. The molecule has 80 valence electrons. The van der Waals surface area contributed by atoms with Gasteiger partial charge in [-0.05, 0) is 33.7 Å². The molecule has 1 atom stereocenters. The van der Waals surface area contributed by atoms with Crippen LogP contribution < -0.4 is 5.32 Å². The van der Waals surface area contributed by atoms with Gasteiger partial charge in [-0.2, -0.15) is 0 Å². The van der Waals surface area contributed by atoms with Gasteiger partial charge in [0.05, 0.1) is 12.2 Å². The number of rotatable bonds is 6. The molecule has 13 heavy (non-hydrogen) atoms. The van der Waals surface area contributed by atoms with E-state index in [9.17, 15) is 0 Å². The molecule has 0 saturated heterocycles. The Hall–Kier alpha value is -0.120. The molecule has 0 aliphatic heterocycles. The van der Waals surface area contributed by atoms with E-state index in [0.717, 1.165) is 13.0 Å². The maximum atomic E-state index is 8.80. The molecule has 0 rings (SSSR count). The molecule has 0 amide bonds. The van der Waals surface area contributed by atoms with Crippen LogP contribution in [0, 0.1) is 0 Å². The quantitative estimate of drug-likeness (QED) is 0.659. The molecular formula is C10H23NO2. The summed E-state index contributed by atoms with van der Waals surface area (Å²) in [6.45, 7) is 9.96. The average Bonchev–Trinajstić information content (AvgIpc) is 2.00. The van der Waals surface area contributed by atoms with Crippen molar-refractivity contribution < 1.29 is 9.84 Å². The van der Waals surface area contributed by atoms with Gasteiger partial charge in [0.1, 0.15) is 0 Å². The maximum absolute atomic E-state index is 8.80. The number of hydrogen-bond donors (Lipinski definition) is 2. The molecule has 2 N–H and O–H groups in total. The molecule has 0 aromatic carbocycles. The number of nitrogens with one attached hydrogen (secondary N) is 1. The lowest BCUT2D eigenvalue weighted by molar-refractivity contribution is -0.0169. The monoisotopic (exact) mass is 189 g/mol. The van der Waals surface area contributed by atoms with E-state index in [2.05, 4.69) is 12.2 Å². The Labute approximate surface area is 81.5 Å². The lowest BCUT2D eigenvalue weighted by Crippen LogP contribution is -2.37. The summed E-state index contributed by atoms with van der Waals surface area (Å²) in [7, 11) is 0. The summed E-state index contributed by atoms with van der Waals surface area (Å²) in [5.74, 6) is 0. The van der Waals surface area contributed by atoms with Crippen molar-refractivity contribution in [3.05, 3.63) is 0 Å². The van der Waals surface area contributed by atoms with Gasteiger partial charge in [-0.25, -0.2) is 0 Å². The van der Waals surface area contributed by atoms with Crippen LogP contribution >= 0.6 is 0 Å². The number of likely N-dealkylation sites (N-methyl/N-ethyl adjacent to an activating group) is 1. The summed E-state index contributed by atoms with van der Waals surface area (Å²) < 4.78 is 5.62. The first-order valence-corrected chi connectivity index (χ1v) is 4.97. The Morgan fingerprint density at radius 3 is 2.38 bits per heavy atom. The minimum atomic E-state index is -0.0941. The highest BCUT2D eigenvalue weighted by Crippen LogP contribution is 2.07. The average molecular weight is 189 g/mol. The fourth-order valence-corrected chi connectivity index (χ4v) is 1.04. The molecule has 0 fully saturated rings. The van der Waals surface area contributed by atoms with Gasteiger partial charge in [-0.3, -0.25) is 0 Å². The third-order valence-corrected chi connectivity index (χ3v) is 1.69. The van der Waals surface area contributed by atoms with E-state index in [1.54, 1.807) is 0 Å². The normalized spacial score (nSPS) is 14.5. The van der Waals surface area contributed by atoms with Gasteiger partial charge in [-0.15, -0.1) is 0 Å². The topological polar surface area (TPSA) is 41.5 Å². The molecule has 3 heteroatoms. The van der Waals surface area contributed by atoms with Gasteiger partial charge >= 0.3 is 0 Å².